The van der Waals surface area contributed by atoms with Crippen LogP contribution in [0.2, 0.25) is 0 Å². The molecule has 0 unspecified atom stereocenters. The predicted octanol–water partition coefficient (Wildman–Crippen LogP) is 4.66. The number of nitrogens with one attached hydrogen (secondary N) is 2. The van der Waals surface area contributed by atoms with Gasteiger partial charge >= 0.3 is 6.03 Å². The molecule has 3 aromatic rings. The summed E-state index contributed by atoms with van der Waals surface area (Å²) in [4.78, 5) is 32.6. The molecule has 0 aliphatic heterocycles. The SMILES string of the molecule is CCN(CC)CCN(Cc1cc2c(C)cc(C)cc2[nH]c1=O)C(=O)Nc1ccccc1F. The third-order valence-electron chi connectivity index (χ3n) is 5.73. The topological polar surface area (TPSA) is 68.4 Å². The zero-order chi connectivity index (χ0) is 23.3. The van der Waals surface area contributed by atoms with Crippen LogP contribution in [0.5, 0.6) is 0 Å². The van der Waals surface area contributed by atoms with Crippen molar-refractivity contribution < 1.29 is 9.18 Å². The highest BCUT2D eigenvalue weighted by Crippen LogP contribution is 2.19. The van der Waals surface area contributed by atoms with Crippen molar-refractivity contribution in [2.24, 2.45) is 0 Å². The molecule has 7 heteroatoms. The minimum Gasteiger partial charge on any atom is -0.322 e. The Morgan fingerprint density at radius 3 is 2.47 bits per heavy atom. The molecular weight excluding hydrogens is 407 g/mol. The first-order valence-electron chi connectivity index (χ1n) is 11.0. The van der Waals surface area contributed by atoms with Crippen LogP contribution in [0.25, 0.3) is 10.9 Å². The molecule has 0 atom stereocenters. The number of likely N-dealkylation sites (N-methyl/N-ethyl adjacent to an activating group) is 1. The van der Waals surface area contributed by atoms with Crippen LogP contribution in [-0.4, -0.2) is 47.0 Å². The molecule has 32 heavy (non-hydrogen) atoms. The lowest BCUT2D eigenvalue weighted by molar-refractivity contribution is 0.194. The molecule has 2 N–H and O–H groups in total. The molecule has 0 aliphatic carbocycles. The molecule has 0 radical (unpaired) electrons. The van der Waals surface area contributed by atoms with E-state index in [0.29, 0.717) is 18.7 Å². The van der Waals surface area contributed by atoms with Crippen molar-refractivity contribution >= 4 is 22.6 Å². The number of aryl methyl sites for hydroxylation is 2. The quantitative estimate of drug-likeness (QED) is 0.538. The summed E-state index contributed by atoms with van der Waals surface area (Å²) in [6, 6.07) is 11.5. The number of H-pyrrole nitrogens is 1. The van der Waals surface area contributed by atoms with Crippen LogP contribution in [0.3, 0.4) is 0 Å². The third-order valence-corrected chi connectivity index (χ3v) is 5.73. The first kappa shape index (κ1) is 23.5. The van der Waals surface area contributed by atoms with E-state index < -0.39 is 11.8 Å². The van der Waals surface area contributed by atoms with E-state index in [0.717, 1.165) is 35.1 Å². The largest absolute Gasteiger partial charge is 0.322 e. The molecule has 3 rings (SSSR count). The number of carbonyl (C=O) groups excluding carboxylic acids is 1. The Morgan fingerprint density at radius 1 is 1.06 bits per heavy atom. The summed E-state index contributed by atoms with van der Waals surface area (Å²) < 4.78 is 14.1. The average Bonchev–Trinajstić information content (AvgIpc) is 2.75. The minimum atomic E-state index is -0.501. The summed E-state index contributed by atoms with van der Waals surface area (Å²) in [6.45, 7) is 11.0. The van der Waals surface area contributed by atoms with E-state index in [9.17, 15) is 14.0 Å². The minimum absolute atomic E-state index is 0.115. The van der Waals surface area contributed by atoms with Gasteiger partial charge in [-0.2, -0.15) is 0 Å². The van der Waals surface area contributed by atoms with E-state index >= 15 is 0 Å². The number of carbonyl (C=O) groups is 1. The molecule has 1 aromatic heterocycles. The van der Waals surface area contributed by atoms with Crippen LogP contribution >= 0.6 is 0 Å². The maximum Gasteiger partial charge on any atom is 0.322 e. The van der Waals surface area contributed by atoms with Crippen LogP contribution < -0.4 is 10.9 Å². The van der Waals surface area contributed by atoms with Crippen molar-refractivity contribution in [3.63, 3.8) is 0 Å². The van der Waals surface area contributed by atoms with Crippen molar-refractivity contribution in [1.82, 2.24) is 14.8 Å². The maximum absolute atomic E-state index is 14.1. The molecule has 0 bridgehead atoms. The van der Waals surface area contributed by atoms with Gasteiger partial charge in [-0.05, 0) is 62.3 Å². The molecule has 1 heterocycles. The predicted molar refractivity (Wildman–Crippen MR) is 128 cm³/mol. The Balaban J connectivity index is 1.90. The zero-order valence-electron chi connectivity index (χ0n) is 19.2. The summed E-state index contributed by atoms with van der Waals surface area (Å²) in [5, 5.41) is 3.59. The van der Waals surface area contributed by atoms with Gasteiger partial charge in [-0.1, -0.05) is 32.0 Å². The average molecular weight is 439 g/mol. The van der Waals surface area contributed by atoms with E-state index in [4.69, 9.17) is 0 Å². The van der Waals surface area contributed by atoms with Gasteiger partial charge in [-0.15, -0.1) is 0 Å². The van der Waals surface area contributed by atoms with Crippen molar-refractivity contribution in [1.29, 1.82) is 0 Å². The van der Waals surface area contributed by atoms with Crippen LogP contribution in [0, 0.1) is 19.7 Å². The number of amides is 2. The number of halogens is 1. The number of aromatic nitrogens is 1. The Labute approximate surface area is 188 Å². The highest BCUT2D eigenvalue weighted by molar-refractivity contribution is 5.89. The standard InChI is InChI=1S/C25H31FN4O2/c1-5-29(6-2)11-12-30(25(32)28-22-10-8-7-9-21(22)26)16-19-15-20-18(4)13-17(3)14-23(20)27-24(19)31/h7-10,13-15H,5-6,11-12,16H2,1-4H3,(H,27,31)(H,28,32). The number of hydrogen-bond donors (Lipinski definition) is 2. The van der Waals surface area contributed by atoms with E-state index in [1.165, 1.54) is 12.1 Å². The van der Waals surface area contributed by atoms with Crippen molar-refractivity contribution in [2.45, 2.75) is 34.2 Å². The molecule has 170 valence electrons. The van der Waals surface area contributed by atoms with Crippen LogP contribution in [0.15, 0.2) is 47.3 Å². The zero-order valence-corrected chi connectivity index (χ0v) is 19.2. The Morgan fingerprint density at radius 2 is 1.78 bits per heavy atom. The highest BCUT2D eigenvalue weighted by atomic mass is 19.1. The number of nitrogens with zero attached hydrogens (tertiary/aromatic N) is 2. The molecule has 2 aromatic carbocycles. The summed E-state index contributed by atoms with van der Waals surface area (Å²) in [5.74, 6) is -0.501. The van der Waals surface area contributed by atoms with Gasteiger partial charge in [0.05, 0.1) is 12.2 Å². The summed E-state index contributed by atoms with van der Waals surface area (Å²) in [7, 11) is 0. The first-order chi connectivity index (χ1) is 15.3. The fourth-order valence-corrected chi connectivity index (χ4v) is 3.85. The van der Waals surface area contributed by atoms with Crippen LogP contribution in [0.4, 0.5) is 14.9 Å². The van der Waals surface area contributed by atoms with E-state index in [-0.39, 0.29) is 17.8 Å². The molecule has 0 spiro atoms. The van der Waals surface area contributed by atoms with Gasteiger partial charge in [0.25, 0.3) is 5.56 Å². The first-order valence-corrected chi connectivity index (χ1v) is 11.0. The number of rotatable bonds is 8. The lowest BCUT2D eigenvalue weighted by Crippen LogP contribution is -2.41. The summed E-state index contributed by atoms with van der Waals surface area (Å²) >= 11 is 0. The lowest BCUT2D eigenvalue weighted by Gasteiger charge is -2.27. The lowest BCUT2D eigenvalue weighted by atomic mass is 10.0. The summed E-state index contributed by atoms with van der Waals surface area (Å²) in [5.41, 5.74) is 3.29. The van der Waals surface area contributed by atoms with Gasteiger partial charge in [0.15, 0.2) is 0 Å². The van der Waals surface area contributed by atoms with Gasteiger partial charge in [0, 0.05) is 29.6 Å². The Bertz CT molecular complexity index is 1150. The molecule has 6 nitrogen and oxygen atoms in total. The second-order valence-corrected chi connectivity index (χ2v) is 8.03. The molecular formula is C25H31FN4O2. The monoisotopic (exact) mass is 438 g/mol. The van der Waals surface area contributed by atoms with Crippen LogP contribution in [-0.2, 0) is 6.54 Å². The Hall–Kier alpha value is -3.19. The molecule has 2 amide bonds. The fourth-order valence-electron chi connectivity index (χ4n) is 3.85. The molecule has 0 aliphatic rings. The Kier molecular flexibility index (Phi) is 7.64. The smallest absolute Gasteiger partial charge is 0.322 e. The molecule has 0 fully saturated rings. The van der Waals surface area contributed by atoms with E-state index in [2.05, 4.69) is 35.1 Å². The number of benzene rings is 2. The number of aromatic amines is 1. The highest BCUT2D eigenvalue weighted by Gasteiger charge is 2.19. The van der Waals surface area contributed by atoms with Gasteiger partial charge in [-0.3, -0.25) is 4.79 Å². The summed E-state index contributed by atoms with van der Waals surface area (Å²) in [6.07, 6.45) is 0. The fraction of sp³-hybridized carbons (Fsp3) is 0.360. The van der Waals surface area contributed by atoms with Crippen LogP contribution in [0.1, 0.15) is 30.5 Å². The van der Waals surface area contributed by atoms with Gasteiger partial charge in [-0.25, -0.2) is 9.18 Å². The van der Waals surface area contributed by atoms with Crippen molar-refractivity contribution in [3.8, 4) is 0 Å². The van der Waals surface area contributed by atoms with Gasteiger partial charge in [0.2, 0.25) is 0 Å². The number of hydrogen-bond acceptors (Lipinski definition) is 3. The second-order valence-electron chi connectivity index (χ2n) is 8.03. The maximum atomic E-state index is 14.1. The number of pyridine rings is 1. The van der Waals surface area contributed by atoms with Gasteiger partial charge < -0.3 is 20.1 Å². The number of fused-ring (bicyclic) bond motifs is 1. The number of anilines is 1. The molecule has 0 saturated heterocycles. The van der Waals surface area contributed by atoms with E-state index in [1.807, 2.05) is 26.0 Å². The third kappa shape index (κ3) is 5.53. The second kappa shape index (κ2) is 10.4. The number of urea groups is 1. The molecule has 0 saturated carbocycles. The van der Waals surface area contributed by atoms with Crippen molar-refractivity contribution in [3.05, 3.63) is 75.3 Å². The van der Waals surface area contributed by atoms with Crippen molar-refractivity contribution in [2.75, 3.05) is 31.5 Å². The van der Waals surface area contributed by atoms with E-state index in [1.54, 1.807) is 17.0 Å². The van der Waals surface area contributed by atoms with Gasteiger partial charge in [0.1, 0.15) is 5.82 Å². The normalized spacial score (nSPS) is 11.2. The number of para-hydroxylation sites is 1.